The minimum Gasteiger partial charge on any atom is -0.478 e. The van der Waals surface area contributed by atoms with Crippen molar-refractivity contribution in [3.8, 4) is 0 Å². The normalized spacial score (nSPS) is 11.7. The molecule has 0 aromatic carbocycles. The fourth-order valence-electron chi connectivity index (χ4n) is 1.46. The largest absolute Gasteiger partial charge is 0.478 e. The van der Waals surface area contributed by atoms with Gasteiger partial charge in [0.2, 0.25) is 0 Å². The van der Waals surface area contributed by atoms with Crippen molar-refractivity contribution in [2.24, 2.45) is 0 Å². The van der Waals surface area contributed by atoms with Crippen LogP contribution in [0.3, 0.4) is 0 Å². The van der Waals surface area contributed by atoms with Gasteiger partial charge in [0.25, 0.3) is 0 Å². The molecular weight excluding hydrogens is 206 g/mol. The Morgan fingerprint density at radius 3 is 2.62 bits per heavy atom. The van der Waals surface area contributed by atoms with Gasteiger partial charge < -0.3 is 14.8 Å². The van der Waals surface area contributed by atoms with Crippen LogP contribution in [-0.2, 0) is 6.54 Å². The number of aromatic carboxylic acids is 1. The Hall–Kier alpha value is -1.29. The van der Waals surface area contributed by atoms with Gasteiger partial charge in [0.05, 0.1) is 12.8 Å². The van der Waals surface area contributed by atoms with Crippen LogP contribution in [0.1, 0.15) is 49.7 Å². The summed E-state index contributed by atoms with van der Waals surface area (Å²) in [4.78, 5) is 10.9. The van der Waals surface area contributed by atoms with Crippen molar-refractivity contribution in [1.82, 2.24) is 5.32 Å². The van der Waals surface area contributed by atoms with Gasteiger partial charge in [0.15, 0.2) is 0 Å². The molecule has 1 heterocycles. The standard InChI is InChI=1S/C12H19NO3/c1-4-12(3,5-2)13-8-10-9(11(14)15)6-7-16-10/h6-7,13H,4-5,8H2,1-3H3,(H,14,15). The quantitative estimate of drug-likeness (QED) is 0.781. The van der Waals surface area contributed by atoms with Gasteiger partial charge in [-0.05, 0) is 25.8 Å². The minimum atomic E-state index is -0.944. The molecule has 0 unspecified atom stereocenters. The molecule has 4 heteroatoms. The highest BCUT2D eigenvalue weighted by Crippen LogP contribution is 2.16. The van der Waals surface area contributed by atoms with Crippen LogP contribution in [-0.4, -0.2) is 16.6 Å². The van der Waals surface area contributed by atoms with Crippen LogP contribution in [0.5, 0.6) is 0 Å². The van der Waals surface area contributed by atoms with Crippen molar-refractivity contribution in [1.29, 1.82) is 0 Å². The number of carbonyl (C=O) groups is 1. The third-order valence-electron chi connectivity index (χ3n) is 3.21. The number of hydrogen-bond acceptors (Lipinski definition) is 3. The summed E-state index contributed by atoms with van der Waals surface area (Å²) in [7, 11) is 0. The molecule has 0 fully saturated rings. The van der Waals surface area contributed by atoms with E-state index in [0.717, 1.165) is 12.8 Å². The van der Waals surface area contributed by atoms with Gasteiger partial charge in [-0.1, -0.05) is 13.8 Å². The monoisotopic (exact) mass is 225 g/mol. The summed E-state index contributed by atoms with van der Waals surface area (Å²) >= 11 is 0. The van der Waals surface area contributed by atoms with Crippen LogP contribution in [0.25, 0.3) is 0 Å². The minimum absolute atomic E-state index is 0.0303. The van der Waals surface area contributed by atoms with Crippen molar-refractivity contribution in [3.05, 3.63) is 23.7 Å². The molecule has 0 amide bonds. The third-order valence-corrected chi connectivity index (χ3v) is 3.21. The van der Waals surface area contributed by atoms with Gasteiger partial charge in [-0.15, -0.1) is 0 Å². The highest BCUT2D eigenvalue weighted by atomic mass is 16.4. The van der Waals surface area contributed by atoms with Gasteiger partial charge in [-0.25, -0.2) is 4.79 Å². The van der Waals surface area contributed by atoms with Crippen LogP contribution < -0.4 is 5.32 Å². The lowest BCUT2D eigenvalue weighted by atomic mass is 9.95. The smallest absolute Gasteiger partial charge is 0.339 e. The van der Waals surface area contributed by atoms with E-state index >= 15 is 0 Å². The molecule has 90 valence electrons. The molecule has 1 rings (SSSR count). The Labute approximate surface area is 95.7 Å². The Balaban J connectivity index is 2.67. The molecule has 16 heavy (non-hydrogen) atoms. The molecule has 1 aromatic heterocycles. The molecule has 0 aliphatic carbocycles. The van der Waals surface area contributed by atoms with E-state index in [2.05, 4.69) is 26.1 Å². The van der Waals surface area contributed by atoms with Crippen molar-refractivity contribution in [2.75, 3.05) is 0 Å². The van der Waals surface area contributed by atoms with Gasteiger partial charge in [0, 0.05) is 5.54 Å². The van der Waals surface area contributed by atoms with Crippen molar-refractivity contribution < 1.29 is 14.3 Å². The summed E-state index contributed by atoms with van der Waals surface area (Å²) in [5, 5.41) is 12.2. The first kappa shape index (κ1) is 12.8. The first-order chi connectivity index (χ1) is 7.52. The van der Waals surface area contributed by atoms with Crippen molar-refractivity contribution >= 4 is 5.97 Å². The van der Waals surface area contributed by atoms with E-state index in [1.165, 1.54) is 12.3 Å². The lowest BCUT2D eigenvalue weighted by Crippen LogP contribution is -2.40. The molecule has 0 saturated heterocycles. The molecule has 0 aliphatic heterocycles. The van der Waals surface area contributed by atoms with E-state index < -0.39 is 5.97 Å². The molecule has 0 spiro atoms. The van der Waals surface area contributed by atoms with E-state index in [-0.39, 0.29) is 11.1 Å². The summed E-state index contributed by atoms with van der Waals surface area (Å²) in [5.74, 6) is -0.458. The maximum absolute atomic E-state index is 10.9. The van der Waals surface area contributed by atoms with Gasteiger partial charge in [-0.3, -0.25) is 0 Å². The Morgan fingerprint density at radius 1 is 1.50 bits per heavy atom. The van der Waals surface area contributed by atoms with Crippen LogP contribution in [0.2, 0.25) is 0 Å². The van der Waals surface area contributed by atoms with Gasteiger partial charge >= 0.3 is 5.97 Å². The highest BCUT2D eigenvalue weighted by molar-refractivity contribution is 5.88. The van der Waals surface area contributed by atoms with Gasteiger partial charge in [0.1, 0.15) is 11.3 Å². The maximum Gasteiger partial charge on any atom is 0.339 e. The van der Waals surface area contributed by atoms with Crippen LogP contribution in [0.4, 0.5) is 0 Å². The Bertz CT molecular complexity index is 353. The number of hydrogen-bond donors (Lipinski definition) is 2. The second-order valence-corrected chi connectivity index (χ2v) is 4.18. The molecule has 2 N–H and O–H groups in total. The second kappa shape index (κ2) is 5.16. The summed E-state index contributed by atoms with van der Waals surface area (Å²) in [6.45, 7) is 6.79. The number of furan rings is 1. The maximum atomic E-state index is 10.9. The van der Waals surface area contributed by atoms with Crippen LogP contribution in [0, 0.1) is 0 Å². The average molecular weight is 225 g/mol. The summed E-state index contributed by atoms with van der Waals surface area (Å²) in [5.41, 5.74) is 0.268. The fourth-order valence-corrected chi connectivity index (χ4v) is 1.46. The fraction of sp³-hybridized carbons (Fsp3) is 0.583. The predicted molar refractivity (Wildman–Crippen MR) is 61.5 cm³/mol. The van der Waals surface area contributed by atoms with E-state index in [9.17, 15) is 4.79 Å². The number of carboxylic acids is 1. The molecule has 0 radical (unpaired) electrons. The SMILES string of the molecule is CCC(C)(CC)NCc1occc1C(=O)O. The lowest BCUT2D eigenvalue weighted by Gasteiger charge is -2.27. The summed E-state index contributed by atoms with van der Waals surface area (Å²) in [6, 6.07) is 1.48. The topological polar surface area (TPSA) is 62.5 Å². The molecule has 0 aliphatic rings. The first-order valence-corrected chi connectivity index (χ1v) is 5.57. The molecular formula is C12H19NO3. The Morgan fingerprint density at radius 2 is 2.12 bits per heavy atom. The van der Waals surface area contributed by atoms with E-state index in [1.54, 1.807) is 0 Å². The zero-order chi connectivity index (χ0) is 12.2. The molecule has 0 bridgehead atoms. The van der Waals surface area contributed by atoms with E-state index in [4.69, 9.17) is 9.52 Å². The number of carboxylic acid groups (broad SMARTS) is 1. The lowest BCUT2D eigenvalue weighted by molar-refractivity contribution is 0.0694. The first-order valence-electron chi connectivity index (χ1n) is 5.57. The van der Waals surface area contributed by atoms with Gasteiger partial charge in [-0.2, -0.15) is 0 Å². The average Bonchev–Trinajstić information content (AvgIpc) is 2.74. The molecule has 0 atom stereocenters. The zero-order valence-electron chi connectivity index (χ0n) is 10.0. The predicted octanol–water partition coefficient (Wildman–Crippen LogP) is 2.65. The molecule has 0 saturated carbocycles. The highest BCUT2D eigenvalue weighted by Gasteiger charge is 2.21. The summed E-state index contributed by atoms with van der Waals surface area (Å²) < 4.78 is 5.17. The Kier molecular flexibility index (Phi) is 4.12. The third kappa shape index (κ3) is 2.85. The number of nitrogens with one attached hydrogen (secondary N) is 1. The number of rotatable bonds is 6. The van der Waals surface area contributed by atoms with Crippen LogP contribution in [0.15, 0.2) is 16.7 Å². The van der Waals surface area contributed by atoms with Crippen molar-refractivity contribution in [2.45, 2.75) is 45.7 Å². The van der Waals surface area contributed by atoms with E-state index in [0.29, 0.717) is 12.3 Å². The summed E-state index contributed by atoms with van der Waals surface area (Å²) in [6.07, 6.45) is 3.40. The zero-order valence-corrected chi connectivity index (χ0v) is 10.0. The van der Waals surface area contributed by atoms with E-state index in [1.807, 2.05) is 0 Å². The van der Waals surface area contributed by atoms with Crippen LogP contribution >= 0.6 is 0 Å². The molecule has 1 aromatic rings. The van der Waals surface area contributed by atoms with Crippen molar-refractivity contribution in [3.63, 3.8) is 0 Å². The molecule has 4 nitrogen and oxygen atoms in total. The second-order valence-electron chi connectivity index (χ2n) is 4.18.